The molecule has 0 radical (unpaired) electrons. The van der Waals surface area contributed by atoms with E-state index in [0.29, 0.717) is 5.75 Å². The van der Waals surface area contributed by atoms with E-state index < -0.39 is 0 Å². The van der Waals surface area contributed by atoms with Crippen LogP contribution in [0.2, 0.25) is 0 Å². The molecule has 1 aromatic carbocycles. The van der Waals surface area contributed by atoms with Gasteiger partial charge in [0.1, 0.15) is 12.0 Å². The number of nitrogens with one attached hydrogen (secondary N) is 1. The molecule has 0 aliphatic carbocycles. The molecular formula is C10H13NO2. The summed E-state index contributed by atoms with van der Waals surface area (Å²) in [5, 5.41) is 12.7. The minimum Gasteiger partial charge on any atom is -0.508 e. The molecule has 0 aromatic heterocycles. The van der Waals surface area contributed by atoms with Crippen molar-refractivity contribution in [1.82, 2.24) is 5.32 Å². The molecule has 1 fully saturated rings. The summed E-state index contributed by atoms with van der Waals surface area (Å²) in [5.74, 6) is 0.293. The average Bonchev–Trinajstić information content (AvgIpc) is 2.20. The molecule has 13 heavy (non-hydrogen) atoms. The van der Waals surface area contributed by atoms with Crippen molar-refractivity contribution < 1.29 is 9.84 Å². The lowest BCUT2D eigenvalue weighted by Gasteiger charge is -2.24. The minimum absolute atomic E-state index is 0.144. The molecule has 2 rings (SSSR count). The number of hydrogen-bond acceptors (Lipinski definition) is 3. The molecule has 1 aliphatic rings. The Morgan fingerprint density at radius 2 is 2.23 bits per heavy atom. The molecule has 3 heteroatoms. The Kier molecular flexibility index (Phi) is 2.47. The zero-order valence-electron chi connectivity index (χ0n) is 7.36. The molecule has 1 atom stereocenters. The van der Waals surface area contributed by atoms with Crippen LogP contribution in [0, 0.1) is 0 Å². The number of ether oxygens (including phenoxy) is 1. The van der Waals surface area contributed by atoms with E-state index in [1.165, 1.54) is 0 Å². The van der Waals surface area contributed by atoms with E-state index in [0.717, 1.165) is 25.1 Å². The number of aromatic hydroxyl groups is 1. The molecular weight excluding hydrogens is 166 g/mol. The van der Waals surface area contributed by atoms with Crippen molar-refractivity contribution in [3.63, 3.8) is 0 Å². The predicted octanol–water partition coefficient (Wildman–Crippen LogP) is 1.40. The number of phenols is 1. The van der Waals surface area contributed by atoms with Crippen LogP contribution >= 0.6 is 0 Å². The lowest BCUT2D eigenvalue weighted by Crippen LogP contribution is -2.31. The van der Waals surface area contributed by atoms with Gasteiger partial charge < -0.3 is 9.84 Å². The topological polar surface area (TPSA) is 41.5 Å². The minimum atomic E-state index is -0.144. The molecule has 1 saturated heterocycles. The van der Waals surface area contributed by atoms with Gasteiger partial charge in [-0.3, -0.25) is 5.32 Å². The van der Waals surface area contributed by atoms with Crippen LogP contribution in [0.5, 0.6) is 5.75 Å². The van der Waals surface area contributed by atoms with Gasteiger partial charge in [0, 0.05) is 12.1 Å². The summed E-state index contributed by atoms with van der Waals surface area (Å²) < 4.78 is 5.47. The van der Waals surface area contributed by atoms with Crippen molar-refractivity contribution >= 4 is 0 Å². The van der Waals surface area contributed by atoms with Gasteiger partial charge in [-0.25, -0.2) is 0 Å². The van der Waals surface area contributed by atoms with Crippen molar-refractivity contribution in [1.29, 1.82) is 0 Å². The van der Waals surface area contributed by atoms with Crippen LogP contribution in [0.4, 0.5) is 0 Å². The molecule has 1 unspecified atom stereocenters. The van der Waals surface area contributed by atoms with Crippen molar-refractivity contribution in [2.24, 2.45) is 0 Å². The summed E-state index contributed by atoms with van der Waals surface area (Å²) in [5.41, 5.74) is 0.821. The van der Waals surface area contributed by atoms with E-state index in [1.54, 1.807) is 6.07 Å². The van der Waals surface area contributed by atoms with Crippen molar-refractivity contribution in [3.05, 3.63) is 29.8 Å². The standard InChI is InChI=1S/C10H13NO2/c12-9-5-2-1-4-8(9)10-11-6-3-7-13-10/h1-2,4-5,10-12H,3,6-7H2. The Balaban J connectivity index is 2.18. The first kappa shape index (κ1) is 8.53. The highest BCUT2D eigenvalue weighted by Crippen LogP contribution is 2.25. The van der Waals surface area contributed by atoms with Crippen LogP contribution < -0.4 is 5.32 Å². The van der Waals surface area contributed by atoms with E-state index in [9.17, 15) is 5.11 Å². The van der Waals surface area contributed by atoms with Crippen LogP contribution in [0.15, 0.2) is 24.3 Å². The summed E-state index contributed by atoms with van der Waals surface area (Å²) in [4.78, 5) is 0. The maximum absolute atomic E-state index is 9.54. The second-order valence-electron chi connectivity index (χ2n) is 3.12. The lowest BCUT2D eigenvalue weighted by atomic mass is 10.1. The summed E-state index contributed by atoms with van der Waals surface area (Å²) in [6.45, 7) is 1.70. The van der Waals surface area contributed by atoms with Crippen LogP contribution in [-0.2, 0) is 4.74 Å². The third kappa shape index (κ3) is 1.82. The van der Waals surface area contributed by atoms with Crippen molar-refractivity contribution in [2.75, 3.05) is 13.2 Å². The molecule has 2 N–H and O–H groups in total. The Morgan fingerprint density at radius 1 is 1.38 bits per heavy atom. The molecule has 0 bridgehead atoms. The Morgan fingerprint density at radius 3 is 2.92 bits per heavy atom. The smallest absolute Gasteiger partial charge is 0.137 e. The molecule has 70 valence electrons. The fraction of sp³-hybridized carbons (Fsp3) is 0.400. The quantitative estimate of drug-likeness (QED) is 0.684. The third-order valence-corrected chi connectivity index (χ3v) is 2.15. The normalized spacial score (nSPS) is 22.9. The number of phenolic OH excluding ortho intramolecular Hbond substituents is 1. The molecule has 1 heterocycles. The first-order chi connectivity index (χ1) is 6.38. The van der Waals surface area contributed by atoms with E-state index in [1.807, 2.05) is 18.2 Å². The van der Waals surface area contributed by atoms with Crippen LogP contribution in [0.25, 0.3) is 0 Å². The van der Waals surface area contributed by atoms with Gasteiger partial charge in [-0.1, -0.05) is 18.2 Å². The second kappa shape index (κ2) is 3.77. The third-order valence-electron chi connectivity index (χ3n) is 2.15. The Labute approximate surface area is 77.3 Å². The van der Waals surface area contributed by atoms with E-state index in [2.05, 4.69) is 5.32 Å². The van der Waals surface area contributed by atoms with Gasteiger partial charge in [0.05, 0.1) is 6.61 Å². The number of para-hydroxylation sites is 1. The molecule has 0 amide bonds. The second-order valence-corrected chi connectivity index (χ2v) is 3.12. The van der Waals surface area contributed by atoms with Crippen LogP contribution in [0.1, 0.15) is 18.2 Å². The zero-order valence-corrected chi connectivity index (χ0v) is 7.36. The molecule has 0 spiro atoms. The highest BCUT2D eigenvalue weighted by molar-refractivity contribution is 5.33. The maximum atomic E-state index is 9.54. The lowest BCUT2D eigenvalue weighted by molar-refractivity contribution is -0.00158. The van der Waals surface area contributed by atoms with E-state index >= 15 is 0 Å². The Bertz CT molecular complexity index is 282. The molecule has 0 saturated carbocycles. The van der Waals surface area contributed by atoms with Gasteiger partial charge in [-0.05, 0) is 12.5 Å². The first-order valence-corrected chi connectivity index (χ1v) is 4.51. The largest absolute Gasteiger partial charge is 0.508 e. The molecule has 1 aliphatic heterocycles. The fourth-order valence-corrected chi connectivity index (χ4v) is 1.47. The zero-order chi connectivity index (χ0) is 9.10. The fourth-order valence-electron chi connectivity index (χ4n) is 1.47. The van der Waals surface area contributed by atoms with Gasteiger partial charge >= 0.3 is 0 Å². The van der Waals surface area contributed by atoms with Crippen LogP contribution in [0.3, 0.4) is 0 Å². The van der Waals surface area contributed by atoms with Crippen LogP contribution in [-0.4, -0.2) is 18.3 Å². The first-order valence-electron chi connectivity index (χ1n) is 4.51. The van der Waals surface area contributed by atoms with E-state index in [-0.39, 0.29) is 6.23 Å². The van der Waals surface area contributed by atoms with Gasteiger partial charge in [-0.2, -0.15) is 0 Å². The van der Waals surface area contributed by atoms with Gasteiger partial charge in [0.15, 0.2) is 0 Å². The van der Waals surface area contributed by atoms with Gasteiger partial charge in [-0.15, -0.1) is 0 Å². The van der Waals surface area contributed by atoms with Crippen molar-refractivity contribution in [3.8, 4) is 5.75 Å². The average molecular weight is 179 g/mol. The summed E-state index contributed by atoms with van der Waals surface area (Å²) in [6, 6.07) is 7.25. The number of benzene rings is 1. The number of rotatable bonds is 1. The van der Waals surface area contributed by atoms with E-state index in [4.69, 9.17) is 4.74 Å². The highest BCUT2D eigenvalue weighted by atomic mass is 16.5. The summed E-state index contributed by atoms with van der Waals surface area (Å²) in [6.07, 6.45) is 0.888. The summed E-state index contributed by atoms with van der Waals surface area (Å²) in [7, 11) is 0. The van der Waals surface area contributed by atoms with Crippen molar-refractivity contribution in [2.45, 2.75) is 12.6 Å². The predicted molar refractivity (Wildman–Crippen MR) is 49.4 cm³/mol. The Hall–Kier alpha value is -1.06. The van der Waals surface area contributed by atoms with Gasteiger partial charge in [0.25, 0.3) is 0 Å². The molecule has 1 aromatic rings. The summed E-state index contributed by atoms with van der Waals surface area (Å²) >= 11 is 0. The monoisotopic (exact) mass is 179 g/mol. The number of hydrogen-bond donors (Lipinski definition) is 2. The maximum Gasteiger partial charge on any atom is 0.137 e. The van der Waals surface area contributed by atoms with Gasteiger partial charge in [0.2, 0.25) is 0 Å². The SMILES string of the molecule is Oc1ccccc1C1NCCCO1. The highest BCUT2D eigenvalue weighted by Gasteiger charge is 2.17. The molecule has 3 nitrogen and oxygen atoms in total.